The van der Waals surface area contributed by atoms with Crippen LogP contribution >= 0.6 is 0 Å². The molecule has 0 fully saturated rings. The van der Waals surface area contributed by atoms with Crippen LogP contribution in [0.3, 0.4) is 0 Å². The van der Waals surface area contributed by atoms with E-state index in [1.807, 2.05) is 6.07 Å². The maximum Gasteiger partial charge on any atom is 0.244 e. The quantitative estimate of drug-likeness (QED) is 0.602. The van der Waals surface area contributed by atoms with Crippen molar-refractivity contribution in [1.29, 1.82) is 15.8 Å². The van der Waals surface area contributed by atoms with Gasteiger partial charge in [-0.15, -0.1) is 0 Å². The third-order valence-electron chi connectivity index (χ3n) is 1.62. The smallest absolute Gasteiger partial charge is 0.244 e. The van der Waals surface area contributed by atoms with Crippen molar-refractivity contribution in [1.82, 2.24) is 4.90 Å². The second-order valence-electron chi connectivity index (χ2n) is 3.21. The van der Waals surface area contributed by atoms with E-state index in [2.05, 4.69) is 0 Å². The standard InChI is InChI=1S/C9H10N4O/c1-9(2,7-12)8(14)13(5-3-10)6-4-11/h5-6H2,1-2H3. The largest absolute Gasteiger partial charge is 0.315 e. The van der Waals surface area contributed by atoms with Crippen LogP contribution in [0.1, 0.15) is 13.8 Å². The van der Waals surface area contributed by atoms with Crippen LogP contribution in [0.15, 0.2) is 0 Å². The van der Waals surface area contributed by atoms with Crippen LogP contribution in [-0.4, -0.2) is 23.9 Å². The predicted molar refractivity (Wildman–Crippen MR) is 47.2 cm³/mol. The highest BCUT2D eigenvalue weighted by Gasteiger charge is 2.31. The molecule has 0 aromatic heterocycles. The van der Waals surface area contributed by atoms with E-state index in [4.69, 9.17) is 15.8 Å². The lowest BCUT2D eigenvalue weighted by Crippen LogP contribution is -2.40. The molecule has 0 spiro atoms. The molecular weight excluding hydrogens is 180 g/mol. The fourth-order valence-corrected chi connectivity index (χ4v) is 0.813. The average Bonchev–Trinajstić information content (AvgIpc) is 2.16. The second-order valence-corrected chi connectivity index (χ2v) is 3.21. The van der Waals surface area contributed by atoms with E-state index in [1.54, 1.807) is 12.1 Å². The summed E-state index contributed by atoms with van der Waals surface area (Å²) in [6.07, 6.45) is 0. The highest BCUT2D eigenvalue weighted by atomic mass is 16.2. The van der Waals surface area contributed by atoms with Gasteiger partial charge in [-0.3, -0.25) is 4.79 Å². The Labute approximate surface area is 82.8 Å². The van der Waals surface area contributed by atoms with Crippen molar-refractivity contribution in [2.75, 3.05) is 13.1 Å². The van der Waals surface area contributed by atoms with Crippen molar-refractivity contribution in [2.45, 2.75) is 13.8 Å². The maximum atomic E-state index is 11.6. The fraction of sp³-hybridized carbons (Fsp3) is 0.556. The van der Waals surface area contributed by atoms with Gasteiger partial charge in [-0.05, 0) is 13.8 Å². The van der Waals surface area contributed by atoms with Gasteiger partial charge in [0.1, 0.15) is 18.5 Å². The summed E-state index contributed by atoms with van der Waals surface area (Å²) in [4.78, 5) is 12.6. The molecule has 5 heteroatoms. The zero-order valence-corrected chi connectivity index (χ0v) is 8.11. The van der Waals surface area contributed by atoms with E-state index in [0.717, 1.165) is 4.90 Å². The molecule has 1 amide bonds. The van der Waals surface area contributed by atoms with Crippen LogP contribution in [-0.2, 0) is 4.79 Å². The van der Waals surface area contributed by atoms with Crippen LogP contribution in [0.4, 0.5) is 0 Å². The number of hydrogen-bond acceptors (Lipinski definition) is 4. The van der Waals surface area contributed by atoms with Crippen molar-refractivity contribution in [2.24, 2.45) is 5.41 Å². The van der Waals surface area contributed by atoms with E-state index in [0.29, 0.717) is 0 Å². The molecule has 0 aromatic rings. The second kappa shape index (κ2) is 4.84. The number of nitrogens with zero attached hydrogens (tertiary/aromatic N) is 4. The van der Waals surface area contributed by atoms with Gasteiger partial charge in [-0.2, -0.15) is 15.8 Å². The Balaban J connectivity index is 4.73. The summed E-state index contributed by atoms with van der Waals surface area (Å²) in [5.74, 6) is -0.497. The first kappa shape index (κ1) is 11.9. The Morgan fingerprint density at radius 2 is 1.64 bits per heavy atom. The first-order valence-electron chi connectivity index (χ1n) is 3.94. The highest BCUT2D eigenvalue weighted by Crippen LogP contribution is 2.16. The fourth-order valence-electron chi connectivity index (χ4n) is 0.813. The normalized spacial score (nSPS) is 9.36. The number of rotatable bonds is 3. The third-order valence-corrected chi connectivity index (χ3v) is 1.62. The number of nitriles is 3. The van der Waals surface area contributed by atoms with Crippen LogP contribution in [0.25, 0.3) is 0 Å². The molecule has 0 bridgehead atoms. The van der Waals surface area contributed by atoms with Crippen molar-refractivity contribution in [3.63, 3.8) is 0 Å². The Hall–Kier alpha value is -2.06. The lowest BCUT2D eigenvalue weighted by Gasteiger charge is -2.22. The minimum atomic E-state index is -1.19. The molecule has 0 N–H and O–H groups in total. The number of amides is 1. The summed E-state index contributed by atoms with van der Waals surface area (Å²) < 4.78 is 0. The van der Waals surface area contributed by atoms with Gasteiger partial charge >= 0.3 is 0 Å². The molecule has 72 valence electrons. The van der Waals surface area contributed by atoms with Gasteiger partial charge in [0.05, 0.1) is 18.2 Å². The van der Waals surface area contributed by atoms with Gasteiger partial charge in [0.25, 0.3) is 0 Å². The molecule has 0 aromatic carbocycles. The zero-order valence-electron chi connectivity index (χ0n) is 8.11. The zero-order chi connectivity index (χ0) is 11.2. The van der Waals surface area contributed by atoms with E-state index >= 15 is 0 Å². The first-order chi connectivity index (χ1) is 6.49. The molecule has 0 saturated heterocycles. The first-order valence-corrected chi connectivity index (χ1v) is 3.94. The van der Waals surface area contributed by atoms with Gasteiger partial charge in [0.15, 0.2) is 0 Å². The summed E-state index contributed by atoms with van der Waals surface area (Å²) in [5.41, 5.74) is -1.19. The van der Waals surface area contributed by atoms with Crippen molar-refractivity contribution >= 4 is 5.91 Å². The Kier molecular flexibility index (Phi) is 4.13. The van der Waals surface area contributed by atoms with Gasteiger partial charge in [-0.25, -0.2) is 0 Å². The molecule has 5 nitrogen and oxygen atoms in total. The van der Waals surface area contributed by atoms with Gasteiger partial charge in [-0.1, -0.05) is 0 Å². The summed E-state index contributed by atoms with van der Waals surface area (Å²) in [6, 6.07) is 5.38. The van der Waals surface area contributed by atoms with Crippen LogP contribution in [0.5, 0.6) is 0 Å². The number of carbonyl (C=O) groups excluding carboxylic acids is 1. The third kappa shape index (κ3) is 2.77. The monoisotopic (exact) mass is 190 g/mol. The Morgan fingerprint density at radius 3 is 1.93 bits per heavy atom. The molecule has 0 unspecified atom stereocenters. The molecule has 0 aliphatic rings. The minimum Gasteiger partial charge on any atom is -0.315 e. The molecular formula is C9H10N4O. The van der Waals surface area contributed by atoms with Crippen molar-refractivity contribution in [3.8, 4) is 18.2 Å². The Bertz CT molecular complexity index is 323. The minimum absolute atomic E-state index is 0.169. The SMILES string of the molecule is CC(C)(C#N)C(=O)N(CC#N)CC#N. The molecule has 0 radical (unpaired) electrons. The topological polar surface area (TPSA) is 91.7 Å². The molecule has 0 aliphatic carbocycles. The molecule has 14 heavy (non-hydrogen) atoms. The number of carbonyl (C=O) groups is 1. The highest BCUT2D eigenvalue weighted by molar-refractivity contribution is 5.85. The molecule has 0 rings (SSSR count). The Morgan fingerprint density at radius 1 is 1.21 bits per heavy atom. The molecule has 0 atom stereocenters. The van der Waals surface area contributed by atoms with E-state index < -0.39 is 11.3 Å². The van der Waals surface area contributed by atoms with E-state index in [9.17, 15) is 4.79 Å². The van der Waals surface area contributed by atoms with E-state index in [-0.39, 0.29) is 13.1 Å². The lowest BCUT2D eigenvalue weighted by molar-refractivity contribution is -0.136. The van der Waals surface area contributed by atoms with Gasteiger partial charge in [0.2, 0.25) is 5.91 Å². The molecule has 0 saturated carbocycles. The number of hydrogen-bond donors (Lipinski definition) is 0. The van der Waals surface area contributed by atoms with Crippen LogP contribution < -0.4 is 0 Å². The van der Waals surface area contributed by atoms with Crippen LogP contribution in [0.2, 0.25) is 0 Å². The predicted octanol–water partition coefficient (Wildman–Crippen LogP) is 0.412. The van der Waals surface area contributed by atoms with Crippen LogP contribution in [0, 0.1) is 39.4 Å². The molecule has 0 heterocycles. The summed E-state index contributed by atoms with van der Waals surface area (Å²) >= 11 is 0. The summed E-state index contributed by atoms with van der Waals surface area (Å²) in [7, 11) is 0. The van der Waals surface area contributed by atoms with E-state index in [1.165, 1.54) is 13.8 Å². The average molecular weight is 190 g/mol. The lowest BCUT2D eigenvalue weighted by atomic mass is 9.94. The van der Waals surface area contributed by atoms with Crippen molar-refractivity contribution < 1.29 is 4.79 Å². The van der Waals surface area contributed by atoms with Crippen molar-refractivity contribution in [3.05, 3.63) is 0 Å². The summed E-state index contributed by atoms with van der Waals surface area (Å²) in [6.45, 7) is 2.57. The van der Waals surface area contributed by atoms with Gasteiger partial charge in [0, 0.05) is 0 Å². The van der Waals surface area contributed by atoms with Gasteiger partial charge < -0.3 is 4.90 Å². The maximum absolute atomic E-state index is 11.6. The molecule has 0 aliphatic heterocycles. The summed E-state index contributed by atoms with van der Waals surface area (Å²) in [5, 5.41) is 25.5.